The number of hydrogen-bond donors (Lipinski definition) is 1. The topological polar surface area (TPSA) is 21.3 Å². The maximum Gasteiger partial charge on any atom is 0.138 e. The summed E-state index contributed by atoms with van der Waals surface area (Å²) < 4.78 is 5.87. The normalized spacial score (nSPS) is 16.6. The van der Waals surface area contributed by atoms with Crippen molar-refractivity contribution in [3.05, 3.63) is 28.8 Å². The van der Waals surface area contributed by atoms with Gasteiger partial charge in [0.1, 0.15) is 11.9 Å². The van der Waals surface area contributed by atoms with Crippen LogP contribution in [-0.4, -0.2) is 19.2 Å². The number of halogens is 2. The van der Waals surface area contributed by atoms with Crippen molar-refractivity contribution in [1.82, 2.24) is 5.32 Å². The molecule has 2 nitrogen and oxygen atoms in total. The Bertz CT molecular complexity index is 338. The van der Waals surface area contributed by atoms with Gasteiger partial charge in [0.05, 0.1) is 5.02 Å². The highest BCUT2D eigenvalue weighted by atomic mass is 35.5. The Hall–Kier alpha value is -0.440. The van der Waals surface area contributed by atoms with E-state index in [4.69, 9.17) is 16.3 Å². The molecule has 1 saturated heterocycles. The van der Waals surface area contributed by atoms with Gasteiger partial charge in [0.15, 0.2) is 0 Å². The molecule has 0 amide bonds. The lowest BCUT2D eigenvalue weighted by atomic mass is 10.1. The van der Waals surface area contributed by atoms with Gasteiger partial charge in [-0.25, -0.2) is 0 Å². The molecular formula is C12H17Cl2NO. The van der Waals surface area contributed by atoms with Gasteiger partial charge >= 0.3 is 0 Å². The first-order chi connectivity index (χ1) is 7.25. The maximum atomic E-state index is 6.11. The summed E-state index contributed by atoms with van der Waals surface area (Å²) in [6.45, 7) is 4.10. The molecule has 1 aromatic carbocycles. The zero-order valence-electron chi connectivity index (χ0n) is 9.33. The van der Waals surface area contributed by atoms with E-state index in [2.05, 4.69) is 5.32 Å². The Kier molecular flexibility index (Phi) is 5.39. The van der Waals surface area contributed by atoms with Gasteiger partial charge in [0.25, 0.3) is 0 Å². The van der Waals surface area contributed by atoms with Crippen LogP contribution in [0.5, 0.6) is 5.75 Å². The van der Waals surface area contributed by atoms with Crippen molar-refractivity contribution in [3.63, 3.8) is 0 Å². The molecule has 0 bridgehead atoms. The number of rotatable bonds is 2. The summed E-state index contributed by atoms with van der Waals surface area (Å²) in [5, 5.41) is 4.03. The van der Waals surface area contributed by atoms with Gasteiger partial charge in [-0.1, -0.05) is 17.7 Å². The second-order valence-corrected chi connectivity index (χ2v) is 4.41. The molecule has 1 aromatic rings. The van der Waals surface area contributed by atoms with E-state index < -0.39 is 0 Å². The molecule has 1 fully saturated rings. The largest absolute Gasteiger partial charge is 0.489 e. The van der Waals surface area contributed by atoms with Crippen LogP contribution in [0.1, 0.15) is 18.4 Å². The SMILES string of the molecule is Cc1ccc(OC2CCNCC2)c(Cl)c1.Cl. The monoisotopic (exact) mass is 261 g/mol. The van der Waals surface area contributed by atoms with Crippen LogP contribution >= 0.6 is 24.0 Å². The number of ether oxygens (including phenoxy) is 1. The average Bonchev–Trinajstić information content (AvgIpc) is 2.24. The number of piperidine rings is 1. The van der Waals surface area contributed by atoms with Gasteiger partial charge in [-0.15, -0.1) is 12.4 Å². The van der Waals surface area contributed by atoms with Crippen LogP contribution in [0.2, 0.25) is 5.02 Å². The van der Waals surface area contributed by atoms with Gasteiger partial charge in [-0.3, -0.25) is 0 Å². The Morgan fingerprint density at radius 1 is 1.31 bits per heavy atom. The molecule has 0 unspecified atom stereocenters. The van der Waals surface area contributed by atoms with Crippen molar-refractivity contribution in [2.45, 2.75) is 25.9 Å². The molecule has 0 spiro atoms. The lowest BCUT2D eigenvalue weighted by Crippen LogP contribution is -2.34. The molecule has 16 heavy (non-hydrogen) atoms. The molecular weight excluding hydrogens is 245 g/mol. The molecule has 1 aliphatic heterocycles. The van der Waals surface area contributed by atoms with Crippen LogP contribution < -0.4 is 10.1 Å². The first-order valence-electron chi connectivity index (χ1n) is 5.39. The Labute approximate surface area is 108 Å². The summed E-state index contributed by atoms with van der Waals surface area (Å²) >= 11 is 6.11. The fourth-order valence-electron chi connectivity index (χ4n) is 1.79. The Balaban J connectivity index is 0.00000128. The third kappa shape index (κ3) is 3.55. The van der Waals surface area contributed by atoms with Crippen LogP contribution in [0, 0.1) is 6.92 Å². The van der Waals surface area contributed by atoms with E-state index in [-0.39, 0.29) is 12.4 Å². The highest BCUT2D eigenvalue weighted by Gasteiger charge is 2.15. The van der Waals surface area contributed by atoms with Gasteiger partial charge in [0.2, 0.25) is 0 Å². The van der Waals surface area contributed by atoms with Crippen molar-refractivity contribution in [1.29, 1.82) is 0 Å². The fourth-order valence-corrected chi connectivity index (χ4v) is 2.07. The predicted molar refractivity (Wildman–Crippen MR) is 70.0 cm³/mol. The summed E-state index contributed by atoms with van der Waals surface area (Å²) in [4.78, 5) is 0. The molecule has 1 heterocycles. The van der Waals surface area contributed by atoms with E-state index in [0.717, 1.165) is 37.2 Å². The average molecular weight is 262 g/mol. The van der Waals surface area contributed by atoms with Crippen molar-refractivity contribution in [2.75, 3.05) is 13.1 Å². The fraction of sp³-hybridized carbons (Fsp3) is 0.500. The predicted octanol–water partition coefficient (Wildman–Crippen LogP) is 3.20. The van der Waals surface area contributed by atoms with Crippen LogP contribution in [0.3, 0.4) is 0 Å². The van der Waals surface area contributed by atoms with Crippen molar-refractivity contribution in [3.8, 4) is 5.75 Å². The lowest BCUT2D eigenvalue weighted by Gasteiger charge is -2.24. The van der Waals surface area contributed by atoms with E-state index in [9.17, 15) is 0 Å². The van der Waals surface area contributed by atoms with Crippen LogP contribution in [0.4, 0.5) is 0 Å². The molecule has 0 atom stereocenters. The zero-order chi connectivity index (χ0) is 10.7. The second kappa shape index (κ2) is 6.33. The van der Waals surface area contributed by atoms with Crippen LogP contribution in [0.25, 0.3) is 0 Å². The molecule has 1 aliphatic rings. The molecule has 0 radical (unpaired) electrons. The number of hydrogen-bond acceptors (Lipinski definition) is 2. The molecule has 90 valence electrons. The van der Waals surface area contributed by atoms with Crippen molar-refractivity contribution in [2.24, 2.45) is 0 Å². The minimum absolute atomic E-state index is 0. The zero-order valence-corrected chi connectivity index (χ0v) is 10.9. The quantitative estimate of drug-likeness (QED) is 0.883. The second-order valence-electron chi connectivity index (χ2n) is 4.00. The molecule has 0 aromatic heterocycles. The van der Waals surface area contributed by atoms with Gasteiger partial charge in [0, 0.05) is 0 Å². The minimum Gasteiger partial charge on any atom is -0.489 e. The van der Waals surface area contributed by atoms with Crippen LogP contribution in [-0.2, 0) is 0 Å². The van der Waals surface area contributed by atoms with E-state index in [1.165, 1.54) is 0 Å². The molecule has 0 saturated carbocycles. The summed E-state index contributed by atoms with van der Waals surface area (Å²) in [6.07, 6.45) is 2.43. The molecule has 1 N–H and O–H groups in total. The smallest absolute Gasteiger partial charge is 0.138 e. The number of aryl methyl sites for hydroxylation is 1. The Morgan fingerprint density at radius 2 is 2.00 bits per heavy atom. The van der Waals surface area contributed by atoms with E-state index in [1.807, 2.05) is 25.1 Å². The molecule has 4 heteroatoms. The summed E-state index contributed by atoms with van der Waals surface area (Å²) in [6, 6.07) is 5.93. The van der Waals surface area contributed by atoms with Crippen molar-refractivity contribution >= 4 is 24.0 Å². The Morgan fingerprint density at radius 3 is 2.62 bits per heavy atom. The standard InChI is InChI=1S/C12H16ClNO.ClH/c1-9-2-3-12(11(13)8-9)15-10-4-6-14-7-5-10;/h2-3,8,10,14H,4-7H2,1H3;1H. The molecule has 2 rings (SSSR count). The van der Waals surface area contributed by atoms with Gasteiger partial charge in [-0.05, 0) is 50.6 Å². The van der Waals surface area contributed by atoms with Crippen LogP contribution in [0.15, 0.2) is 18.2 Å². The van der Waals surface area contributed by atoms with Crippen molar-refractivity contribution < 1.29 is 4.74 Å². The van der Waals surface area contributed by atoms with Gasteiger partial charge in [-0.2, -0.15) is 0 Å². The van der Waals surface area contributed by atoms with Gasteiger partial charge < -0.3 is 10.1 Å². The summed E-state index contributed by atoms with van der Waals surface area (Å²) in [7, 11) is 0. The highest BCUT2D eigenvalue weighted by molar-refractivity contribution is 6.32. The third-order valence-electron chi connectivity index (χ3n) is 2.67. The summed E-state index contributed by atoms with van der Waals surface area (Å²) in [5.74, 6) is 0.814. The first-order valence-corrected chi connectivity index (χ1v) is 5.77. The van der Waals surface area contributed by atoms with E-state index in [0.29, 0.717) is 11.1 Å². The number of nitrogens with one attached hydrogen (secondary N) is 1. The maximum absolute atomic E-state index is 6.11. The first kappa shape index (κ1) is 13.6. The summed E-state index contributed by atoms with van der Waals surface area (Å²) in [5.41, 5.74) is 1.16. The minimum atomic E-state index is 0. The molecule has 0 aliphatic carbocycles. The third-order valence-corrected chi connectivity index (χ3v) is 2.96. The highest BCUT2D eigenvalue weighted by Crippen LogP contribution is 2.27. The van der Waals surface area contributed by atoms with E-state index in [1.54, 1.807) is 0 Å². The lowest BCUT2D eigenvalue weighted by molar-refractivity contribution is 0.162. The number of benzene rings is 1. The van der Waals surface area contributed by atoms with E-state index >= 15 is 0 Å².